The highest BCUT2D eigenvalue weighted by Gasteiger charge is 2.00. The molecule has 0 aliphatic heterocycles. The van der Waals surface area contributed by atoms with Gasteiger partial charge in [0.25, 0.3) is 5.56 Å². The molecule has 1 aromatic rings. The lowest BCUT2D eigenvalue weighted by Gasteiger charge is -2.06. The van der Waals surface area contributed by atoms with Gasteiger partial charge in [-0.05, 0) is 12.0 Å². The van der Waals surface area contributed by atoms with Gasteiger partial charge in [0.2, 0.25) is 0 Å². The van der Waals surface area contributed by atoms with Crippen molar-refractivity contribution in [3.05, 3.63) is 27.6 Å². The van der Waals surface area contributed by atoms with Gasteiger partial charge in [-0.1, -0.05) is 25.4 Å². The van der Waals surface area contributed by atoms with Crippen LogP contribution in [0.2, 0.25) is 5.15 Å². The summed E-state index contributed by atoms with van der Waals surface area (Å²) in [6, 6.07) is 2.93. The van der Waals surface area contributed by atoms with Crippen LogP contribution in [0, 0.1) is 5.92 Å². The fraction of sp³-hybridized carbons (Fsp3) is 0.500. The van der Waals surface area contributed by atoms with Crippen LogP contribution in [0.25, 0.3) is 0 Å². The summed E-state index contributed by atoms with van der Waals surface area (Å²) in [7, 11) is 0. The lowest BCUT2D eigenvalue weighted by atomic mass is 10.2. The summed E-state index contributed by atoms with van der Waals surface area (Å²) in [4.78, 5) is 11.1. The van der Waals surface area contributed by atoms with Crippen molar-refractivity contribution >= 4 is 11.6 Å². The molecule has 4 heteroatoms. The molecule has 3 nitrogen and oxygen atoms in total. The second-order valence-electron chi connectivity index (χ2n) is 3.07. The summed E-state index contributed by atoms with van der Waals surface area (Å²) in [5.74, 6) is 0.397. The molecule has 0 saturated heterocycles. The Hall–Kier alpha value is -0.830. The van der Waals surface area contributed by atoms with Crippen molar-refractivity contribution in [1.29, 1.82) is 0 Å². The molecule has 0 spiro atoms. The molecule has 0 amide bonds. The monoisotopic (exact) mass is 186 g/mol. The fourth-order valence-corrected chi connectivity index (χ4v) is 1.05. The summed E-state index contributed by atoms with van der Waals surface area (Å²) in [6.07, 6.45) is 0. The average Bonchev–Trinajstić information content (AvgIpc) is 1.96. The van der Waals surface area contributed by atoms with Crippen LogP contribution in [0.3, 0.4) is 0 Å². The number of rotatable bonds is 2. The zero-order chi connectivity index (χ0) is 9.14. The Balaban J connectivity index is 2.98. The van der Waals surface area contributed by atoms with Crippen molar-refractivity contribution in [3.63, 3.8) is 0 Å². The predicted octanol–water partition coefficient (Wildman–Crippen LogP) is 1.55. The Kier molecular flexibility index (Phi) is 2.87. The summed E-state index contributed by atoms with van der Waals surface area (Å²) in [5.41, 5.74) is -0.104. The number of hydrogen-bond donors (Lipinski definition) is 0. The van der Waals surface area contributed by atoms with Crippen LogP contribution in [0.15, 0.2) is 16.9 Å². The van der Waals surface area contributed by atoms with Gasteiger partial charge in [0, 0.05) is 12.6 Å². The maximum atomic E-state index is 11.1. The molecular weight excluding hydrogens is 176 g/mol. The third-order valence-electron chi connectivity index (χ3n) is 1.37. The molecule has 1 rings (SSSR count). The second-order valence-corrected chi connectivity index (χ2v) is 3.46. The lowest BCUT2D eigenvalue weighted by molar-refractivity contribution is 0.464. The van der Waals surface area contributed by atoms with Crippen LogP contribution >= 0.6 is 11.6 Å². The van der Waals surface area contributed by atoms with E-state index in [2.05, 4.69) is 5.10 Å². The zero-order valence-electron chi connectivity index (χ0n) is 7.12. The van der Waals surface area contributed by atoms with Crippen molar-refractivity contribution < 1.29 is 0 Å². The molecule has 0 aliphatic rings. The van der Waals surface area contributed by atoms with Gasteiger partial charge in [-0.3, -0.25) is 4.79 Å². The third kappa shape index (κ3) is 2.34. The Labute approximate surface area is 76.0 Å². The largest absolute Gasteiger partial charge is 0.268 e. The van der Waals surface area contributed by atoms with E-state index in [4.69, 9.17) is 11.6 Å². The Morgan fingerprint density at radius 3 is 2.83 bits per heavy atom. The van der Waals surface area contributed by atoms with E-state index in [1.165, 1.54) is 16.8 Å². The number of halogens is 1. The minimum atomic E-state index is -0.104. The van der Waals surface area contributed by atoms with Gasteiger partial charge in [0.15, 0.2) is 0 Å². The van der Waals surface area contributed by atoms with Gasteiger partial charge in [-0.25, -0.2) is 4.68 Å². The summed E-state index contributed by atoms with van der Waals surface area (Å²) in [6.45, 7) is 4.66. The predicted molar refractivity (Wildman–Crippen MR) is 48.3 cm³/mol. The average molecular weight is 187 g/mol. The topological polar surface area (TPSA) is 34.9 Å². The third-order valence-corrected chi connectivity index (χ3v) is 1.57. The normalized spacial score (nSPS) is 10.7. The second kappa shape index (κ2) is 3.72. The molecule has 12 heavy (non-hydrogen) atoms. The van der Waals surface area contributed by atoms with Crippen molar-refractivity contribution in [2.24, 2.45) is 5.92 Å². The first kappa shape index (κ1) is 9.26. The van der Waals surface area contributed by atoms with E-state index in [1.54, 1.807) is 0 Å². The highest BCUT2D eigenvalue weighted by Crippen LogP contribution is 2.00. The van der Waals surface area contributed by atoms with Crippen molar-refractivity contribution in [1.82, 2.24) is 9.78 Å². The summed E-state index contributed by atoms with van der Waals surface area (Å²) >= 11 is 5.63. The highest BCUT2D eigenvalue weighted by atomic mass is 35.5. The first-order valence-corrected chi connectivity index (χ1v) is 4.21. The standard InChI is InChI=1S/C8H11ClN2O/c1-6(2)5-11-8(12)4-3-7(9)10-11/h3-4,6H,5H2,1-2H3. The lowest BCUT2D eigenvalue weighted by Crippen LogP contribution is -2.23. The SMILES string of the molecule is CC(C)Cn1nc(Cl)ccc1=O. The smallest absolute Gasteiger partial charge is 0.266 e. The number of hydrogen-bond acceptors (Lipinski definition) is 2. The van der Waals surface area contributed by atoms with E-state index in [-0.39, 0.29) is 5.56 Å². The zero-order valence-corrected chi connectivity index (χ0v) is 7.88. The molecule has 1 aromatic heterocycles. The molecule has 1 heterocycles. The quantitative estimate of drug-likeness (QED) is 0.703. The first-order chi connectivity index (χ1) is 5.59. The van der Waals surface area contributed by atoms with Gasteiger partial charge < -0.3 is 0 Å². The van der Waals surface area contributed by atoms with E-state index in [0.29, 0.717) is 17.6 Å². The number of nitrogens with zero attached hydrogens (tertiary/aromatic N) is 2. The molecule has 66 valence electrons. The van der Waals surface area contributed by atoms with Gasteiger partial charge in [-0.15, -0.1) is 0 Å². The van der Waals surface area contributed by atoms with Crippen LogP contribution in [-0.2, 0) is 6.54 Å². The van der Waals surface area contributed by atoms with Crippen LogP contribution < -0.4 is 5.56 Å². The van der Waals surface area contributed by atoms with E-state index < -0.39 is 0 Å². The Morgan fingerprint density at radius 2 is 2.25 bits per heavy atom. The summed E-state index contributed by atoms with van der Waals surface area (Å²) < 4.78 is 1.38. The fourth-order valence-electron chi connectivity index (χ4n) is 0.901. The Bertz CT molecular complexity index is 319. The molecule has 0 aromatic carbocycles. The minimum absolute atomic E-state index is 0.104. The molecule has 0 bridgehead atoms. The van der Waals surface area contributed by atoms with E-state index in [0.717, 1.165) is 0 Å². The van der Waals surface area contributed by atoms with Crippen molar-refractivity contribution in [2.75, 3.05) is 0 Å². The Morgan fingerprint density at radius 1 is 1.58 bits per heavy atom. The van der Waals surface area contributed by atoms with Crippen molar-refractivity contribution in [3.8, 4) is 0 Å². The summed E-state index contributed by atoms with van der Waals surface area (Å²) in [5, 5.41) is 4.24. The molecule has 0 atom stereocenters. The van der Waals surface area contributed by atoms with Gasteiger partial charge in [0.1, 0.15) is 5.15 Å². The molecule has 0 fully saturated rings. The van der Waals surface area contributed by atoms with Gasteiger partial charge in [0.05, 0.1) is 0 Å². The van der Waals surface area contributed by atoms with E-state index in [9.17, 15) is 4.79 Å². The van der Waals surface area contributed by atoms with E-state index in [1.807, 2.05) is 13.8 Å². The van der Waals surface area contributed by atoms with Crippen LogP contribution in [-0.4, -0.2) is 9.78 Å². The molecule has 0 saturated carbocycles. The van der Waals surface area contributed by atoms with Crippen LogP contribution in [0.4, 0.5) is 0 Å². The molecule has 0 N–H and O–H groups in total. The molecular formula is C8H11ClN2O. The molecule has 0 radical (unpaired) electrons. The highest BCUT2D eigenvalue weighted by molar-refractivity contribution is 6.29. The van der Waals surface area contributed by atoms with Gasteiger partial charge >= 0.3 is 0 Å². The maximum Gasteiger partial charge on any atom is 0.266 e. The molecule has 0 unspecified atom stereocenters. The van der Waals surface area contributed by atoms with Crippen molar-refractivity contribution in [2.45, 2.75) is 20.4 Å². The van der Waals surface area contributed by atoms with Crippen LogP contribution in [0.1, 0.15) is 13.8 Å². The van der Waals surface area contributed by atoms with E-state index >= 15 is 0 Å². The minimum Gasteiger partial charge on any atom is -0.268 e. The van der Waals surface area contributed by atoms with Crippen LogP contribution in [0.5, 0.6) is 0 Å². The van der Waals surface area contributed by atoms with Gasteiger partial charge in [-0.2, -0.15) is 5.10 Å². The number of aromatic nitrogens is 2. The first-order valence-electron chi connectivity index (χ1n) is 3.83. The maximum absolute atomic E-state index is 11.1. The molecule has 0 aliphatic carbocycles.